The van der Waals surface area contributed by atoms with Gasteiger partial charge in [0, 0.05) is 13.3 Å². The number of hydrogen-bond acceptors (Lipinski definition) is 8. The first-order valence-electron chi connectivity index (χ1n) is 6.46. The molecular formula is C12H15N5O4. The molecule has 1 saturated heterocycles. The maximum Gasteiger partial charge on any atom is 0.302 e. The molecule has 2 aromatic heterocycles. The number of aromatic nitrogens is 4. The molecule has 3 rings (SSSR count). The molecule has 0 aliphatic carbocycles. The van der Waals surface area contributed by atoms with Gasteiger partial charge in [-0.15, -0.1) is 0 Å². The molecule has 21 heavy (non-hydrogen) atoms. The van der Waals surface area contributed by atoms with Gasteiger partial charge in [0.15, 0.2) is 11.5 Å². The van der Waals surface area contributed by atoms with Crippen LogP contribution < -0.4 is 5.73 Å². The molecule has 3 N–H and O–H groups in total. The number of rotatable bonds is 3. The van der Waals surface area contributed by atoms with Gasteiger partial charge in [0.1, 0.15) is 30.3 Å². The number of ether oxygens (including phenoxy) is 2. The highest BCUT2D eigenvalue weighted by molar-refractivity contribution is 5.81. The Kier molecular flexibility index (Phi) is 3.43. The molecule has 3 heterocycles. The third-order valence-corrected chi connectivity index (χ3v) is 3.38. The van der Waals surface area contributed by atoms with Crippen LogP contribution in [0.15, 0.2) is 12.7 Å². The number of fused-ring (bicyclic) bond motifs is 1. The summed E-state index contributed by atoms with van der Waals surface area (Å²) in [5, 5.41) is 9.34. The summed E-state index contributed by atoms with van der Waals surface area (Å²) in [4.78, 5) is 23.3. The molecule has 2 aromatic rings. The van der Waals surface area contributed by atoms with Crippen molar-refractivity contribution < 1.29 is 19.4 Å². The van der Waals surface area contributed by atoms with Crippen molar-refractivity contribution >= 4 is 23.0 Å². The van der Waals surface area contributed by atoms with Crippen molar-refractivity contribution in [2.75, 3.05) is 12.3 Å². The Hall–Kier alpha value is -2.26. The van der Waals surface area contributed by atoms with Crippen LogP contribution >= 0.6 is 0 Å². The largest absolute Gasteiger partial charge is 0.460 e. The summed E-state index contributed by atoms with van der Waals surface area (Å²) in [5.41, 5.74) is 6.76. The predicted octanol–water partition coefficient (Wildman–Crippen LogP) is -0.380. The van der Waals surface area contributed by atoms with Crippen LogP contribution in [-0.4, -0.2) is 49.4 Å². The van der Waals surface area contributed by atoms with Crippen molar-refractivity contribution in [1.82, 2.24) is 19.5 Å². The molecule has 1 fully saturated rings. The van der Waals surface area contributed by atoms with E-state index in [9.17, 15) is 9.90 Å². The second-order valence-corrected chi connectivity index (χ2v) is 4.78. The number of nitrogens with two attached hydrogens (primary N) is 1. The third kappa shape index (κ3) is 2.41. The summed E-state index contributed by atoms with van der Waals surface area (Å²) in [7, 11) is 0. The number of carbonyl (C=O) groups is 1. The van der Waals surface area contributed by atoms with Gasteiger partial charge in [-0.05, 0) is 0 Å². The van der Waals surface area contributed by atoms with Gasteiger partial charge in [0.2, 0.25) is 0 Å². The highest BCUT2D eigenvalue weighted by Crippen LogP contribution is 2.32. The number of imidazole rings is 1. The van der Waals surface area contributed by atoms with Crippen LogP contribution in [-0.2, 0) is 14.3 Å². The molecule has 9 nitrogen and oxygen atoms in total. The number of aliphatic hydroxyl groups excluding tert-OH is 1. The SMILES string of the molecule is CC(=O)O[C@@H]1C[C@H](n2cnc3c(N)ncnc32)O[C@H]1CO. The minimum atomic E-state index is -0.574. The Morgan fingerprint density at radius 2 is 2.38 bits per heavy atom. The van der Waals surface area contributed by atoms with Crippen LogP contribution in [0.1, 0.15) is 19.6 Å². The zero-order valence-corrected chi connectivity index (χ0v) is 11.3. The number of esters is 1. The maximum atomic E-state index is 11.1. The van der Waals surface area contributed by atoms with E-state index in [1.807, 2.05) is 0 Å². The topological polar surface area (TPSA) is 125 Å². The minimum Gasteiger partial charge on any atom is -0.460 e. The molecule has 9 heteroatoms. The molecule has 0 radical (unpaired) electrons. The summed E-state index contributed by atoms with van der Waals surface area (Å²) in [6.07, 6.45) is 1.78. The van der Waals surface area contributed by atoms with Gasteiger partial charge in [-0.2, -0.15) is 0 Å². The van der Waals surface area contributed by atoms with Crippen molar-refractivity contribution in [3.05, 3.63) is 12.7 Å². The smallest absolute Gasteiger partial charge is 0.302 e. The summed E-state index contributed by atoms with van der Waals surface area (Å²) < 4.78 is 12.6. The number of aliphatic hydroxyl groups is 1. The highest BCUT2D eigenvalue weighted by atomic mass is 16.6. The van der Waals surface area contributed by atoms with E-state index in [-0.39, 0.29) is 12.4 Å². The second kappa shape index (κ2) is 5.26. The molecule has 1 aliphatic rings. The molecule has 0 amide bonds. The first-order valence-corrected chi connectivity index (χ1v) is 6.46. The zero-order valence-electron chi connectivity index (χ0n) is 11.3. The lowest BCUT2D eigenvalue weighted by Crippen LogP contribution is -2.29. The van der Waals surface area contributed by atoms with Crippen molar-refractivity contribution in [1.29, 1.82) is 0 Å². The van der Waals surface area contributed by atoms with Crippen molar-refractivity contribution in [3.63, 3.8) is 0 Å². The molecule has 0 spiro atoms. The monoisotopic (exact) mass is 293 g/mol. The molecule has 1 aliphatic heterocycles. The van der Waals surface area contributed by atoms with E-state index < -0.39 is 24.4 Å². The normalized spacial score (nSPS) is 25.3. The Balaban J connectivity index is 1.90. The first kappa shape index (κ1) is 13.7. The fraction of sp³-hybridized carbons (Fsp3) is 0.500. The van der Waals surface area contributed by atoms with E-state index in [1.54, 1.807) is 10.9 Å². The summed E-state index contributed by atoms with van der Waals surface area (Å²) in [6.45, 7) is 1.08. The van der Waals surface area contributed by atoms with Gasteiger partial charge in [-0.1, -0.05) is 0 Å². The van der Waals surface area contributed by atoms with Gasteiger partial charge in [0.05, 0.1) is 12.9 Å². The molecule has 112 valence electrons. The molecule has 3 atom stereocenters. The number of nitrogen functional groups attached to an aromatic ring is 1. The predicted molar refractivity (Wildman–Crippen MR) is 70.9 cm³/mol. The standard InChI is InChI=1S/C12H15N5O4/c1-6(19)20-7-2-9(21-8(7)3-18)17-5-16-10-11(13)14-4-15-12(10)17/h4-5,7-9,18H,2-3H2,1H3,(H2,13,14,15)/t7-,8+,9-/m1/s1. The van der Waals surface area contributed by atoms with Gasteiger partial charge >= 0.3 is 5.97 Å². The van der Waals surface area contributed by atoms with Gasteiger partial charge in [-0.3, -0.25) is 9.36 Å². The average Bonchev–Trinajstić information content (AvgIpc) is 3.02. The second-order valence-electron chi connectivity index (χ2n) is 4.78. The van der Waals surface area contributed by atoms with Crippen LogP contribution in [0.25, 0.3) is 11.2 Å². The van der Waals surface area contributed by atoms with Crippen LogP contribution in [0.2, 0.25) is 0 Å². The van der Waals surface area contributed by atoms with Crippen LogP contribution in [0.4, 0.5) is 5.82 Å². The fourth-order valence-corrected chi connectivity index (χ4v) is 2.45. The number of anilines is 1. The Morgan fingerprint density at radius 3 is 3.10 bits per heavy atom. The van der Waals surface area contributed by atoms with Crippen molar-refractivity contribution in [3.8, 4) is 0 Å². The summed E-state index contributed by atoms with van der Waals surface area (Å²) >= 11 is 0. The quantitative estimate of drug-likeness (QED) is 0.733. The van der Waals surface area contributed by atoms with Crippen molar-refractivity contribution in [2.45, 2.75) is 31.8 Å². The lowest BCUT2D eigenvalue weighted by molar-refractivity contribution is -0.150. The van der Waals surface area contributed by atoms with E-state index in [4.69, 9.17) is 15.2 Å². The number of nitrogens with zero attached hydrogens (tertiary/aromatic N) is 4. The van der Waals surface area contributed by atoms with E-state index in [0.717, 1.165) is 0 Å². The van der Waals surface area contributed by atoms with Gasteiger partial charge in [0.25, 0.3) is 0 Å². The number of hydrogen-bond donors (Lipinski definition) is 2. The molecule has 0 aromatic carbocycles. The minimum absolute atomic E-state index is 0.238. The zero-order chi connectivity index (χ0) is 15.0. The van der Waals surface area contributed by atoms with Crippen LogP contribution in [0.5, 0.6) is 0 Å². The van der Waals surface area contributed by atoms with Gasteiger partial charge < -0.3 is 20.3 Å². The number of carbonyl (C=O) groups excluding carboxylic acids is 1. The van der Waals surface area contributed by atoms with E-state index in [2.05, 4.69) is 15.0 Å². The van der Waals surface area contributed by atoms with E-state index >= 15 is 0 Å². The molecule has 0 unspecified atom stereocenters. The van der Waals surface area contributed by atoms with E-state index in [0.29, 0.717) is 17.6 Å². The van der Waals surface area contributed by atoms with Crippen LogP contribution in [0.3, 0.4) is 0 Å². The lowest BCUT2D eigenvalue weighted by atomic mass is 10.2. The Bertz CT molecular complexity index is 673. The fourth-order valence-electron chi connectivity index (χ4n) is 2.45. The average molecular weight is 293 g/mol. The summed E-state index contributed by atoms with van der Waals surface area (Å²) in [5.74, 6) is -0.128. The van der Waals surface area contributed by atoms with Crippen molar-refractivity contribution in [2.24, 2.45) is 0 Å². The first-order chi connectivity index (χ1) is 10.1. The Labute approximate surface area is 119 Å². The third-order valence-electron chi connectivity index (χ3n) is 3.38. The van der Waals surface area contributed by atoms with Gasteiger partial charge in [-0.25, -0.2) is 15.0 Å². The highest BCUT2D eigenvalue weighted by Gasteiger charge is 2.38. The Morgan fingerprint density at radius 1 is 1.57 bits per heavy atom. The van der Waals surface area contributed by atoms with E-state index in [1.165, 1.54) is 13.3 Å². The molecule has 0 saturated carbocycles. The maximum absolute atomic E-state index is 11.1. The lowest BCUT2D eigenvalue weighted by Gasteiger charge is -2.15. The molecular weight excluding hydrogens is 278 g/mol. The summed E-state index contributed by atoms with van der Waals surface area (Å²) in [6, 6.07) is 0. The van der Waals surface area contributed by atoms with Crippen LogP contribution in [0, 0.1) is 0 Å². The molecule has 0 bridgehead atoms.